The van der Waals surface area contributed by atoms with Crippen LogP contribution in [0.25, 0.3) is 0 Å². The van der Waals surface area contributed by atoms with Crippen LogP contribution in [0.5, 0.6) is 0 Å². The molecule has 1 rings (SSSR count). The molecule has 2 nitrogen and oxygen atoms in total. The minimum Gasteiger partial charge on any atom is -0.359 e. The van der Waals surface area contributed by atoms with Gasteiger partial charge in [0.2, 0.25) is 0 Å². The van der Waals surface area contributed by atoms with Crippen LogP contribution in [0.2, 0.25) is 0 Å². The average molecular weight is 268 g/mol. The Labute approximate surface area is 78.2 Å². The molecule has 1 aromatic heterocycles. The van der Waals surface area contributed by atoms with Gasteiger partial charge in [0.15, 0.2) is 5.13 Å². The van der Waals surface area contributed by atoms with Crippen molar-refractivity contribution < 1.29 is 0 Å². The summed E-state index contributed by atoms with van der Waals surface area (Å²) in [5, 5.41) is 4.24. The molecular weight excluding hydrogens is 259 g/mol. The summed E-state index contributed by atoms with van der Waals surface area (Å²) in [5.74, 6) is 0. The predicted molar refractivity (Wildman–Crippen MR) is 53.6 cm³/mol. The maximum Gasteiger partial charge on any atom is 0.183 e. The zero-order chi connectivity index (χ0) is 7.56. The molecule has 0 aromatic carbocycles. The molecule has 0 unspecified atom stereocenters. The number of thiazole rings is 1. The molecule has 0 amide bonds. The number of aromatic nitrogens is 1. The Hall–Kier alpha value is 0.160. The minimum atomic E-state index is 0.474. The molecule has 0 aliphatic carbocycles. The van der Waals surface area contributed by atoms with Crippen molar-refractivity contribution in [3.05, 3.63) is 9.08 Å². The molecule has 0 saturated carbocycles. The molecule has 10 heavy (non-hydrogen) atoms. The van der Waals surface area contributed by atoms with Gasteiger partial charge in [-0.25, -0.2) is 4.98 Å². The van der Waals surface area contributed by atoms with E-state index >= 15 is 0 Å². The Morgan fingerprint density at radius 3 is 2.80 bits per heavy atom. The highest BCUT2D eigenvalue weighted by Gasteiger charge is 1.98. The summed E-state index contributed by atoms with van der Waals surface area (Å²) in [5.41, 5.74) is 0. The highest BCUT2D eigenvalue weighted by molar-refractivity contribution is 14.1. The molecular formula is C6H9IN2S. The number of nitrogens with one attached hydrogen (secondary N) is 1. The highest BCUT2D eigenvalue weighted by Crippen LogP contribution is 2.19. The van der Waals surface area contributed by atoms with Crippen LogP contribution in [0, 0.1) is 2.88 Å². The lowest BCUT2D eigenvalue weighted by Crippen LogP contribution is -2.08. The number of anilines is 1. The van der Waals surface area contributed by atoms with Crippen molar-refractivity contribution in [2.45, 2.75) is 19.9 Å². The summed E-state index contributed by atoms with van der Waals surface area (Å²) < 4.78 is 1.22. The third-order valence-electron chi connectivity index (χ3n) is 0.890. The smallest absolute Gasteiger partial charge is 0.183 e. The molecule has 4 heteroatoms. The summed E-state index contributed by atoms with van der Waals surface area (Å²) in [6.07, 6.45) is 1.87. The lowest BCUT2D eigenvalue weighted by Gasteiger charge is -2.03. The Kier molecular flexibility index (Phi) is 2.91. The van der Waals surface area contributed by atoms with Crippen molar-refractivity contribution >= 4 is 39.1 Å². The molecule has 1 heterocycles. The van der Waals surface area contributed by atoms with E-state index in [4.69, 9.17) is 0 Å². The van der Waals surface area contributed by atoms with E-state index in [1.165, 1.54) is 2.88 Å². The Morgan fingerprint density at radius 1 is 1.70 bits per heavy atom. The van der Waals surface area contributed by atoms with Gasteiger partial charge in [-0.2, -0.15) is 0 Å². The lowest BCUT2D eigenvalue weighted by molar-refractivity contribution is 0.896. The van der Waals surface area contributed by atoms with Crippen LogP contribution in [-0.4, -0.2) is 11.0 Å². The van der Waals surface area contributed by atoms with Gasteiger partial charge < -0.3 is 5.32 Å². The van der Waals surface area contributed by atoms with Crippen molar-refractivity contribution in [3.63, 3.8) is 0 Å². The maximum atomic E-state index is 4.16. The maximum absolute atomic E-state index is 4.16. The van der Waals surface area contributed by atoms with E-state index in [-0.39, 0.29) is 0 Å². The number of hydrogen-bond donors (Lipinski definition) is 1. The van der Waals surface area contributed by atoms with E-state index in [9.17, 15) is 0 Å². The second-order valence-electron chi connectivity index (χ2n) is 2.27. The van der Waals surface area contributed by atoms with Crippen LogP contribution in [0.4, 0.5) is 5.13 Å². The molecule has 1 N–H and O–H groups in total. The number of halogens is 1. The molecule has 0 saturated heterocycles. The van der Waals surface area contributed by atoms with Crippen molar-refractivity contribution in [1.82, 2.24) is 4.98 Å². The first-order valence-electron chi connectivity index (χ1n) is 3.06. The standard InChI is InChI=1S/C6H9IN2S/c1-4(2)9-6-8-3-5(7)10-6/h3-4H,1-2H3,(H,8,9). The van der Waals surface area contributed by atoms with Gasteiger partial charge >= 0.3 is 0 Å². The molecule has 0 radical (unpaired) electrons. The Bertz CT molecular complexity index is 209. The van der Waals surface area contributed by atoms with E-state index in [1.54, 1.807) is 11.3 Å². The monoisotopic (exact) mass is 268 g/mol. The summed E-state index contributed by atoms with van der Waals surface area (Å²) in [6, 6.07) is 0.474. The third-order valence-corrected chi connectivity index (χ3v) is 2.55. The lowest BCUT2D eigenvalue weighted by atomic mass is 10.4. The molecule has 0 spiro atoms. The van der Waals surface area contributed by atoms with Gasteiger partial charge in [0.1, 0.15) is 0 Å². The second-order valence-corrected chi connectivity index (χ2v) is 5.19. The van der Waals surface area contributed by atoms with Crippen LogP contribution in [-0.2, 0) is 0 Å². The van der Waals surface area contributed by atoms with E-state index in [2.05, 4.69) is 46.7 Å². The zero-order valence-corrected chi connectivity index (χ0v) is 8.86. The van der Waals surface area contributed by atoms with Crippen molar-refractivity contribution in [2.75, 3.05) is 5.32 Å². The van der Waals surface area contributed by atoms with Crippen LogP contribution in [0.1, 0.15) is 13.8 Å². The van der Waals surface area contributed by atoms with Crippen LogP contribution >= 0.6 is 33.9 Å². The number of nitrogens with zero attached hydrogens (tertiary/aromatic N) is 1. The molecule has 0 aliphatic heterocycles. The van der Waals surface area contributed by atoms with E-state index in [0.717, 1.165) is 5.13 Å². The van der Waals surface area contributed by atoms with Gasteiger partial charge in [0.25, 0.3) is 0 Å². The first-order valence-corrected chi connectivity index (χ1v) is 4.96. The summed E-state index contributed by atoms with van der Waals surface area (Å²) in [6.45, 7) is 4.21. The molecule has 0 bridgehead atoms. The van der Waals surface area contributed by atoms with Crippen molar-refractivity contribution in [1.29, 1.82) is 0 Å². The molecule has 1 aromatic rings. The van der Waals surface area contributed by atoms with E-state index in [0.29, 0.717) is 6.04 Å². The Morgan fingerprint density at radius 2 is 2.40 bits per heavy atom. The number of hydrogen-bond acceptors (Lipinski definition) is 3. The van der Waals surface area contributed by atoms with E-state index in [1.807, 2.05) is 6.20 Å². The fourth-order valence-corrected chi connectivity index (χ4v) is 2.02. The normalized spacial score (nSPS) is 10.4. The van der Waals surface area contributed by atoms with Crippen LogP contribution in [0.3, 0.4) is 0 Å². The van der Waals surface area contributed by atoms with Crippen LogP contribution < -0.4 is 5.32 Å². The summed E-state index contributed by atoms with van der Waals surface area (Å²) >= 11 is 3.94. The fraction of sp³-hybridized carbons (Fsp3) is 0.500. The average Bonchev–Trinajstić information content (AvgIpc) is 2.13. The number of rotatable bonds is 2. The Balaban J connectivity index is 2.58. The molecule has 56 valence electrons. The van der Waals surface area contributed by atoms with Crippen LogP contribution in [0.15, 0.2) is 6.20 Å². The molecule has 0 aliphatic rings. The quantitative estimate of drug-likeness (QED) is 0.834. The topological polar surface area (TPSA) is 24.9 Å². The van der Waals surface area contributed by atoms with Crippen molar-refractivity contribution in [3.8, 4) is 0 Å². The van der Waals surface area contributed by atoms with Gasteiger partial charge in [-0.1, -0.05) is 11.3 Å². The summed E-state index contributed by atoms with van der Waals surface area (Å²) in [7, 11) is 0. The molecule has 0 atom stereocenters. The fourth-order valence-electron chi connectivity index (χ4n) is 0.568. The third kappa shape index (κ3) is 2.42. The van der Waals surface area contributed by atoms with Gasteiger partial charge in [-0.3, -0.25) is 0 Å². The van der Waals surface area contributed by atoms with Gasteiger partial charge in [-0.05, 0) is 36.4 Å². The largest absolute Gasteiger partial charge is 0.359 e. The molecule has 0 fully saturated rings. The zero-order valence-electron chi connectivity index (χ0n) is 5.89. The predicted octanol–water partition coefficient (Wildman–Crippen LogP) is 2.57. The second kappa shape index (κ2) is 3.52. The van der Waals surface area contributed by atoms with E-state index < -0.39 is 0 Å². The highest BCUT2D eigenvalue weighted by atomic mass is 127. The van der Waals surface area contributed by atoms with Gasteiger partial charge in [0, 0.05) is 6.04 Å². The SMILES string of the molecule is CC(C)Nc1ncc(I)s1. The van der Waals surface area contributed by atoms with Gasteiger partial charge in [-0.15, -0.1) is 0 Å². The first kappa shape index (κ1) is 8.26. The summed E-state index contributed by atoms with van der Waals surface area (Å²) in [4.78, 5) is 4.16. The van der Waals surface area contributed by atoms with Gasteiger partial charge in [0.05, 0.1) is 9.08 Å². The minimum absolute atomic E-state index is 0.474. The first-order chi connectivity index (χ1) is 4.68. The van der Waals surface area contributed by atoms with Crippen molar-refractivity contribution in [2.24, 2.45) is 0 Å².